The lowest BCUT2D eigenvalue weighted by molar-refractivity contribution is -0.123. The van der Waals surface area contributed by atoms with E-state index in [4.69, 9.17) is 14.2 Å². The summed E-state index contributed by atoms with van der Waals surface area (Å²) in [6.07, 6.45) is 1.59. The number of benzene rings is 2. The summed E-state index contributed by atoms with van der Waals surface area (Å²) >= 11 is 0. The molecule has 3 amide bonds. The molecule has 0 aliphatic carbocycles. The summed E-state index contributed by atoms with van der Waals surface area (Å²) in [4.78, 5) is 50.1. The monoisotopic (exact) mass is 506 g/mol. The van der Waals surface area contributed by atoms with Crippen LogP contribution in [-0.2, 0) is 16.1 Å². The Kier molecular flexibility index (Phi) is 8.37. The van der Waals surface area contributed by atoms with E-state index < -0.39 is 17.7 Å². The molecule has 0 unspecified atom stereocenters. The molecule has 0 saturated carbocycles. The largest absolute Gasteiger partial charge is 0.486 e. The Bertz CT molecular complexity index is 1320. The zero-order chi connectivity index (χ0) is 26.0. The first-order chi connectivity index (χ1) is 18.0. The lowest BCUT2D eigenvalue weighted by Gasteiger charge is -2.17. The van der Waals surface area contributed by atoms with Crippen molar-refractivity contribution in [3.05, 3.63) is 82.8 Å². The van der Waals surface area contributed by atoms with Gasteiger partial charge in [0.2, 0.25) is 0 Å². The molecular weight excluding hydrogens is 480 g/mol. The van der Waals surface area contributed by atoms with Gasteiger partial charge < -0.3 is 34.7 Å². The smallest absolute Gasteiger partial charge is 0.292 e. The van der Waals surface area contributed by atoms with Crippen LogP contribution in [0.5, 0.6) is 17.2 Å². The summed E-state index contributed by atoms with van der Waals surface area (Å²) in [5.41, 5.74) is 0.236. The number of hydrogen-bond acceptors (Lipinski definition) is 7. The van der Waals surface area contributed by atoms with Crippen molar-refractivity contribution in [1.82, 2.24) is 15.2 Å². The van der Waals surface area contributed by atoms with E-state index in [1.165, 1.54) is 10.6 Å². The van der Waals surface area contributed by atoms with E-state index in [1.807, 2.05) is 0 Å². The Labute approximate surface area is 212 Å². The standard InChI is InChI=1S/C26H26N4O7/c31-22-16-36-19-8-4-9-20(24(19)29-25(33)18-6-2-1-3-7-18)37-17-23(32)28-12-15-35-21-10-5-13-30(26(21)34)14-11-27-22/h1-10,13H,11-12,14-17H2,(H,27,31)(H,28,32)(H,29,33). The lowest BCUT2D eigenvalue weighted by atomic mass is 10.2. The van der Waals surface area contributed by atoms with Gasteiger partial charge in [-0.05, 0) is 36.4 Å². The van der Waals surface area contributed by atoms with Crippen LogP contribution in [0, 0.1) is 0 Å². The van der Waals surface area contributed by atoms with Gasteiger partial charge in [-0.25, -0.2) is 0 Å². The maximum atomic E-state index is 12.8. The lowest BCUT2D eigenvalue weighted by Crippen LogP contribution is -2.34. The fourth-order valence-corrected chi connectivity index (χ4v) is 3.51. The van der Waals surface area contributed by atoms with E-state index in [9.17, 15) is 19.2 Å². The zero-order valence-electron chi connectivity index (χ0n) is 19.9. The minimum absolute atomic E-state index is 0.0729. The van der Waals surface area contributed by atoms with Crippen LogP contribution >= 0.6 is 0 Å². The number of carbonyl (C=O) groups is 3. The number of aromatic nitrogens is 1. The van der Waals surface area contributed by atoms with Gasteiger partial charge in [-0.2, -0.15) is 0 Å². The van der Waals surface area contributed by atoms with Crippen LogP contribution in [0.1, 0.15) is 10.4 Å². The van der Waals surface area contributed by atoms with Crippen molar-refractivity contribution in [1.29, 1.82) is 0 Å². The summed E-state index contributed by atoms with van der Waals surface area (Å²) in [6.45, 7) is -0.0775. The van der Waals surface area contributed by atoms with Gasteiger partial charge in [0, 0.05) is 24.8 Å². The van der Waals surface area contributed by atoms with Crippen LogP contribution in [0.3, 0.4) is 0 Å². The number of anilines is 1. The van der Waals surface area contributed by atoms with Crippen molar-refractivity contribution in [2.45, 2.75) is 6.54 Å². The highest BCUT2D eigenvalue weighted by Gasteiger charge is 2.17. The normalized spacial score (nSPS) is 14.7. The van der Waals surface area contributed by atoms with Crippen molar-refractivity contribution < 1.29 is 28.6 Å². The van der Waals surface area contributed by atoms with E-state index in [2.05, 4.69) is 16.0 Å². The average Bonchev–Trinajstić information content (AvgIpc) is 2.91. The Balaban J connectivity index is 1.55. The maximum Gasteiger partial charge on any atom is 0.292 e. The molecule has 1 aliphatic heterocycles. The summed E-state index contributed by atoms with van der Waals surface area (Å²) < 4.78 is 18.3. The zero-order valence-corrected chi connectivity index (χ0v) is 19.9. The quantitative estimate of drug-likeness (QED) is 0.475. The van der Waals surface area contributed by atoms with Gasteiger partial charge in [0.25, 0.3) is 23.3 Å². The number of nitrogens with zero attached hydrogens (tertiary/aromatic N) is 1. The van der Waals surface area contributed by atoms with Gasteiger partial charge in [-0.3, -0.25) is 19.2 Å². The average molecular weight is 507 g/mol. The molecule has 11 nitrogen and oxygen atoms in total. The number of rotatable bonds is 2. The molecule has 3 aromatic rings. The second kappa shape index (κ2) is 12.2. The molecule has 0 saturated heterocycles. The molecule has 11 heteroatoms. The summed E-state index contributed by atoms with van der Waals surface area (Å²) in [5, 5.41) is 8.10. The third kappa shape index (κ3) is 6.88. The summed E-state index contributed by atoms with van der Waals surface area (Å²) in [5.74, 6) is -0.765. The Hall–Kier alpha value is -4.80. The molecule has 0 atom stereocenters. The third-order valence-corrected chi connectivity index (χ3v) is 5.32. The van der Waals surface area contributed by atoms with Crippen molar-refractivity contribution >= 4 is 23.4 Å². The molecule has 192 valence electrons. The van der Waals surface area contributed by atoms with E-state index in [-0.39, 0.29) is 68.0 Å². The first-order valence-electron chi connectivity index (χ1n) is 11.6. The number of carbonyl (C=O) groups excluding carboxylic acids is 3. The number of ether oxygens (including phenoxy) is 3. The molecular formula is C26H26N4O7. The first-order valence-corrected chi connectivity index (χ1v) is 11.6. The van der Waals surface area contributed by atoms with Crippen molar-refractivity contribution in [3.63, 3.8) is 0 Å². The maximum absolute atomic E-state index is 12.8. The molecule has 1 aliphatic rings. The van der Waals surface area contributed by atoms with Crippen LogP contribution in [0.2, 0.25) is 0 Å². The Morgan fingerprint density at radius 1 is 0.757 bits per heavy atom. The number of hydrogen-bond donors (Lipinski definition) is 3. The van der Waals surface area contributed by atoms with Crippen LogP contribution in [0.4, 0.5) is 5.69 Å². The number of pyridine rings is 1. The number of para-hydroxylation sites is 1. The van der Waals surface area contributed by atoms with Gasteiger partial charge in [-0.15, -0.1) is 0 Å². The molecule has 1 aromatic heterocycles. The fraction of sp³-hybridized carbons (Fsp3) is 0.231. The highest BCUT2D eigenvalue weighted by molar-refractivity contribution is 6.06. The van der Waals surface area contributed by atoms with Crippen molar-refractivity contribution in [2.24, 2.45) is 0 Å². The van der Waals surface area contributed by atoms with Crippen LogP contribution in [0.15, 0.2) is 71.7 Å². The summed E-state index contributed by atoms with van der Waals surface area (Å²) in [7, 11) is 0. The van der Waals surface area contributed by atoms with Gasteiger partial charge in [0.05, 0.1) is 6.54 Å². The first kappa shape index (κ1) is 25.3. The second-order valence-electron chi connectivity index (χ2n) is 7.95. The number of nitrogens with one attached hydrogen (secondary N) is 3. The molecule has 2 aromatic carbocycles. The SMILES string of the molecule is O=C1COc2cccc(c2NC(=O)c2ccccc2)OCC(=O)NCCn2cccc(c2=O)OCCN1. The van der Waals surface area contributed by atoms with E-state index in [0.717, 1.165) is 0 Å². The molecule has 0 fully saturated rings. The predicted octanol–water partition coefficient (Wildman–Crippen LogP) is 1.18. The van der Waals surface area contributed by atoms with Crippen LogP contribution < -0.4 is 35.7 Å². The minimum Gasteiger partial charge on any atom is -0.486 e. The molecule has 37 heavy (non-hydrogen) atoms. The van der Waals surface area contributed by atoms with Crippen LogP contribution in [0.25, 0.3) is 0 Å². The molecule has 0 radical (unpaired) electrons. The second-order valence-corrected chi connectivity index (χ2v) is 7.95. The third-order valence-electron chi connectivity index (χ3n) is 5.32. The minimum atomic E-state index is -0.432. The fourth-order valence-electron chi connectivity index (χ4n) is 3.51. The van der Waals surface area contributed by atoms with Gasteiger partial charge in [0.15, 0.2) is 19.0 Å². The Morgan fingerprint density at radius 2 is 1.41 bits per heavy atom. The molecule has 4 rings (SSSR count). The van der Waals surface area contributed by atoms with E-state index in [0.29, 0.717) is 5.56 Å². The van der Waals surface area contributed by atoms with Gasteiger partial charge in [0.1, 0.15) is 23.8 Å². The van der Waals surface area contributed by atoms with Gasteiger partial charge in [-0.1, -0.05) is 24.3 Å². The predicted molar refractivity (Wildman–Crippen MR) is 134 cm³/mol. The van der Waals surface area contributed by atoms with Crippen LogP contribution in [-0.4, -0.2) is 55.2 Å². The number of fused-ring (bicyclic) bond motifs is 4. The highest BCUT2D eigenvalue weighted by atomic mass is 16.5. The highest BCUT2D eigenvalue weighted by Crippen LogP contribution is 2.35. The number of amides is 3. The molecule has 2 heterocycles. The summed E-state index contributed by atoms with van der Waals surface area (Å²) in [6, 6.07) is 16.5. The molecule has 0 spiro atoms. The van der Waals surface area contributed by atoms with Gasteiger partial charge >= 0.3 is 0 Å². The topological polar surface area (TPSA) is 137 Å². The van der Waals surface area contributed by atoms with E-state index in [1.54, 1.807) is 60.8 Å². The molecule has 3 N–H and O–H groups in total. The van der Waals surface area contributed by atoms with Crippen molar-refractivity contribution in [3.8, 4) is 17.2 Å². The molecule has 4 bridgehead atoms. The van der Waals surface area contributed by atoms with Crippen molar-refractivity contribution in [2.75, 3.05) is 38.2 Å². The Morgan fingerprint density at radius 3 is 2.11 bits per heavy atom. The van der Waals surface area contributed by atoms with E-state index >= 15 is 0 Å².